The number of aromatic nitrogens is 1. The van der Waals surface area contributed by atoms with Gasteiger partial charge in [-0.2, -0.15) is 13.2 Å². The maximum atomic E-state index is 13.7. The fraction of sp³-hybridized carbons (Fsp3) is 0.154. The van der Waals surface area contributed by atoms with Crippen molar-refractivity contribution in [2.75, 3.05) is 0 Å². The van der Waals surface area contributed by atoms with Crippen LogP contribution in [-0.2, 0) is 12.8 Å². The number of benzene rings is 1. The molecular weight excluding hydrogens is 297 g/mol. The third-order valence-electron chi connectivity index (χ3n) is 2.57. The van der Waals surface area contributed by atoms with E-state index in [1.807, 2.05) is 0 Å². The van der Waals surface area contributed by atoms with E-state index in [2.05, 4.69) is 4.98 Å². The van der Waals surface area contributed by atoms with Crippen molar-refractivity contribution in [3.8, 4) is 11.6 Å². The highest BCUT2D eigenvalue weighted by Gasteiger charge is 2.34. The number of hydrogen-bond donors (Lipinski definition) is 1. The standard InChI is InChI=1S/C13H8F5NO2/c14-10-2-1-8(5-9(10)13(16,17)18)21-12-11(15)7(6-20)3-4-19-12/h1-5,20H,6H2. The smallest absolute Gasteiger partial charge is 0.419 e. The molecule has 112 valence electrons. The van der Waals surface area contributed by atoms with E-state index in [1.54, 1.807) is 0 Å². The summed E-state index contributed by atoms with van der Waals surface area (Å²) >= 11 is 0. The van der Waals surface area contributed by atoms with Gasteiger partial charge in [0.25, 0.3) is 5.88 Å². The van der Waals surface area contributed by atoms with Gasteiger partial charge in [0.15, 0.2) is 5.82 Å². The summed E-state index contributed by atoms with van der Waals surface area (Å²) < 4.78 is 69.4. The lowest BCUT2D eigenvalue weighted by molar-refractivity contribution is -0.140. The maximum absolute atomic E-state index is 13.7. The van der Waals surface area contributed by atoms with Gasteiger partial charge in [-0.3, -0.25) is 0 Å². The van der Waals surface area contributed by atoms with Crippen LogP contribution in [0, 0.1) is 11.6 Å². The molecule has 1 heterocycles. The van der Waals surface area contributed by atoms with Crippen molar-refractivity contribution in [2.45, 2.75) is 12.8 Å². The molecule has 0 unspecified atom stereocenters. The Morgan fingerprint density at radius 1 is 1.14 bits per heavy atom. The van der Waals surface area contributed by atoms with Gasteiger partial charge in [0.2, 0.25) is 0 Å². The molecule has 0 saturated heterocycles. The first-order chi connectivity index (χ1) is 9.82. The molecular formula is C13H8F5NO2. The van der Waals surface area contributed by atoms with Gasteiger partial charge in [0, 0.05) is 11.8 Å². The van der Waals surface area contributed by atoms with Gasteiger partial charge >= 0.3 is 6.18 Å². The average molecular weight is 305 g/mol. The first kappa shape index (κ1) is 15.2. The van der Waals surface area contributed by atoms with Crippen molar-refractivity contribution in [3.05, 3.63) is 53.2 Å². The molecule has 0 aliphatic rings. The second-order valence-electron chi connectivity index (χ2n) is 3.99. The Hall–Kier alpha value is -2.22. The van der Waals surface area contributed by atoms with Crippen LogP contribution in [0.5, 0.6) is 11.6 Å². The summed E-state index contributed by atoms with van der Waals surface area (Å²) in [6.45, 7) is -0.623. The molecule has 0 saturated carbocycles. The van der Waals surface area contributed by atoms with Crippen LogP contribution in [-0.4, -0.2) is 10.1 Å². The first-order valence-corrected chi connectivity index (χ1v) is 5.61. The molecule has 1 aromatic heterocycles. The van der Waals surface area contributed by atoms with Crippen LogP contribution >= 0.6 is 0 Å². The quantitative estimate of drug-likeness (QED) is 0.880. The molecule has 3 nitrogen and oxygen atoms in total. The van der Waals surface area contributed by atoms with E-state index in [0.717, 1.165) is 12.3 Å². The van der Waals surface area contributed by atoms with Gasteiger partial charge in [-0.05, 0) is 24.3 Å². The molecule has 0 aliphatic heterocycles. The Balaban J connectivity index is 2.37. The monoisotopic (exact) mass is 305 g/mol. The Morgan fingerprint density at radius 2 is 1.86 bits per heavy atom. The summed E-state index contributed by atoms with van der Waals surface area (Å²) in [5, 5.41) is 8.87. The lowest BCUT2D eigenvalue weighted by atomic mass is 10.2. The van der Waals surface area contributed by atoms with Crippen LogP contribution in [0.1, 0.15) is 11.1 Å². The van der Waals surface area contributed by atoms with Crippen molar-refractivity contribution in [2.24, 2.45) is 0 Å². The molecule has 0 amide bonds. The molecule has 21 heavy (non-hydrogen) atoms. The molecule has 0 bridgehead atoms. The summed E-state index contributed by atoms with van der Waals surface area (Å²) in [7, 11) is 0. The largest absolute Gasteiger partial charge is 0.436 e. The lowest BCUT2D eigenvalue weighted by Crippen LogP contribution is -2.08. The average Bonchev–Trinajstić information content (AvgIpc) is 2.42. The van der Waals surface area contributed by atoms with Crippen LogP contribution in [0.4, 0.5) is 22.0 Å². The van der Waals surface area contributed by atoms with Crippen LogP contribution in [0.3, 0.4) is 0 Å². The number of halogens is 5. The number of ether oxygens (including phenoxy) is 1. The Kier molecular flexibility index (Phi) is 4.08. The normalized spacial score (nSPS) is 11.5. The number of aliphatic hydroxyl groups excluding tert-OH is 1. The van der Waals surface area contributed by atoms with Crippen LogP contribution < -0.4 is 4.74 Å². The van der Waals surface area contributed by atoms with Crippen molar-refractivity contribution in [3.63, 3.8) is 0 Å². The topological polar surface area (TPSA) is 42.4 Å². The number of alkyl halides is 3. The molecule has 2 aromatic rings. The summed E-state index contributed by atoms with van der Waals surface area (Å²) in [6, 6.07) is 3.07. The van der Waals surface area contributed by atoms with Gasteiger partial charge in [0.1, 0.15) is 11.6 Å². The zero-order chi connectivity index (χ0) is 15.6. The maximum Gasteiger partial charge on any atom is 0.419 e. The highest BCUT2D eigenvalue weighted by Crippen LogP contribution is 2.35. The van der Waals surface area contributed by atoms with Gasteiger partial charge in [-0.15, -0.1) is 0 Å². The predicted molar refractivity (Wildman–Crippen MR) is 61.6 cm³/mol. The molecule has 0 atom stereocenters. The SMILES string of the molecule is OCc1ccnc(Oc2ccc(F)c(C(F)(F)F)c2)c1F. The lowest BCUT2D eigenvalue weighted by Gasteiger charge is -2.11. The van der Waals surface area contributed by atoms with Crippen LogP contribution in [0.2, 0.25) is 0 Å². The highest BCUT2D eigenvalue weighted by atomic mass is 19.4. The van der Waals surface area contributed by atoms with Gasteiger partial charge in [-0.1, -0.05) is 0 Å². The van der Waals surface area contributed by atoms with E-state index in [1.165, 1.54) is 6.07 Å². The minimum atomic E-state index is -4.90. The minimum Gasteiger partial charge on any atom is -0.436 e. The first-order valence-electron chi connectivity index (χ1n) is 5.61. The predicted octanol–water partition coefficient (Wildman–Crippen LogP) is 3.66. The van der Waals surface area contributed by atoms with E-state index in [0.29, 0.717) is 12.1 Å². The third-order valence-corrected chi connectivity index (χ3v) is 2.57. The van der Waals surface area contributed by atoms with E-state index < -0.39 is 41.6 Å². The Bertz CT molecular complexity index is 657. The molecule has 0 radical (unpaired) electrons. The van der Waals surface area contributed by atoms with Crippen LogP contribution in [0.15, 0.2) is 30.5 Å². The summed E-state index contributed by atoms with van der Waals surface area (Å²) in [5.74, 6) is -3.50. The van der Waals surface area contributed by atoms with Crippen molar-refractivity contribution >= 4 is 0 Å². The molecule has 8 heteroatoms. The summed E-state index contributed by atoms with van der Waals surface area (Å²) in [6.07, 6.45) is -3.78. The molecule has 2 rings (SSSR count). The Labute approximate surface area is 115 Å². The van der Waals surface area contributed by atoms with E-state index in [9.17, 15) is 22.0 Å². The second-order valence-corrected chi connectivity index (χ2v) is 3.99. The summed E-state index contributed by atoms with van der Waals surface area (Å²) in [5.41, 5.74) is -1.66. The summed E-state index contributed by atoms with van der Waals surface area (Å²) in [4.78, 5) is 3.51. The fourth-order valence-electron chi connectivity index (χ4n) is 1.55. The zero-order valence-corrected chi connectivity index (χ0v) is 10.3. The van der Waals surface area contributed by atoms with E-state index in [-0.39, 0.29) is 5.56 Å². The highest BCUT2D eigenvalue weighted by molar-refractivity contribution is 5.35. The molecule has 0 spiro atoms. The number of hydrogen-bond acceptors (Lipinski definition) is 3. The number of pyridine rings is 1. The van der Waals surface area contributed by atoms with Gasteiger partial charge in [-0.25, -0.2) is 13.8 Å². The zero-order valence-electron chi connectivity index (χ0n) is 10.3. The second kappa shape index (κ2) is 5.65. The molecule has 0 fully saturated rings. The van der Waals surface area contributed by atoms with E-state index in [4.69, 9.17) is 9.84 Å². The van der Waals surface area contributed by atoms with E-state index >= 15 is 0 Å². The number of nitrogens with zero attached hydrogens (tertiary/aromatic N) is 1. The number of rotatable bonds is 3. The van der Waals surface area contributed by atoms with Crippen molar-refractivity contribution < 1.29 is 31.8 Å². The minimum absolute atomic E-state index is 0.127. The van der Waals surface area contributed by atoms with Crippen LogP contribution in [0.25, 0.3) is 0 Å². The third kappa shape index (κ3) is 3.27. The fourth-order valence-corrected chi connectivity index (χ4v) is 1.55. The molecule has 1 N–H and O–H groups in total. The van der Waals surface area contributed by atoms with Gasteiger partial charge in [0.05, 0.1) is 12.2 Å². The number of aliphatic hydroxyl groups is 1. The van der Waals surface area contributed by atoms with Crippen molar-refractivity contribution in [1.82, 2.24) is 4.98 Å². The van der Waals surface area contributed by atoms with Crippen molar-refractivity contribution in [1.29, 1.82) is 0 Å². The van der Waals surface area contributed by atoms with Gasteiger partial charge < -0.3 is 9.84 Å². The Morgan fingerprint density at radius 3 is 2.48 bits per heavy atom. The molecule has 1 aromatic carbocycles. The molecule has 0 aliphatic carbocycles.